The predicted octanol–water partition coefficient (Wildman–Crippen LogP) is -0.0643. The molecule has 0 spiro atoms. The zero-order valence-corrected chi connectivity index (χ0v) is 24.2. The molecule has 1 saturated heterocycles. The van der Waals surface area contributed by atoms with E-state index >= 15 is 0 Å². The van der Waals surface area contributed by atoms with Gasteiger partial charge in [-0.15, -0.1) is 0 Å². The summed E-state index contributed by atoms with van der Waals surface area (Å²) in [5.74, 6) is 1.47. The molecule has 0 saturated carbocycles. The van der Waals surface area contributed by atoms with Gasteiger partial charge in [-0.1, -0.05) is 30.3 Å². The topological polar surface area (TPSA) is 96.8 Å². The third kappa shape index (κ3) is 5.15. The molecule has 192 valence electrons. The van der Waals surface area contributed by atoms with Gasteiger partial charge >= 0.3 is 29.6 Å². The molecular weight excluding hydrogens is 493 g/mol. The van der Waals surface area contributed by atoms with Crippen LogP contribution < -0.4 is 49.0 Å². The number of ether oxygens (including phenoxy) is 3. The number of morpholine rings is 1. The minimum atomic E-state index is -1.05. The van der Waals surface area contributed by atoms with Crippen LogP contribution in [0.5, 0.6) is 11.5 Å². The second kappa shape index (κ2) is 11.2. The molecule has 9 heteroatoms. The fourth-order valence-electron chi connectivity index (χ4n) is 5.77. The summed E-state index contributed by atoms with van der Waals surface area (Å²) in [6.45, 7) is 8.06. The number of hydrogen-bond donors (Lipinski definition) is 0. The summed E-state index contributed by atoms with van der Waals surface area (Å²) in [7, 11) is 0. The van der Waals surface area contributed by atoms with Crippen molar-refractivity contribution in [2.75, 3.05) is 44.4 Å². The average Bonchev–Trinajstić information content (AvgIpc) is 3.48. The van der Waals surface area contributed by atoms with Crippen molar-refractivity contribution in [1.82, 2.24) is 9.97 Å². The number of aryl methyl sites for hydroxylation is 2. The Morgan fingerprint density at radius 2 is 1.74 bits per heavy atom. The number of benzene rings is 2. The first kappa shape index (κ1) is 26.9. The van der Waals surface area contributed by atoms with E-state index in [1.165, 1.54) is 5.56 Å². The Bertz CT molecular complexity index is 1340. The Labute approximate surface area is 244 Å². The van der Waals surface area contributed by atoms with E-state index in [0.29, 0.717) is 26.4 Å². The molecular formula is C29H30N3NaO5. The normalized spacial score (nSPS) is 19.7. The average molecular weight is 524 g/mol. The Morgan fingerprint density at radius 1 is 1.00 bits per heavy atom. The number of carbonyl (C=O) groups is 1. The molecule has 0 aliphatic carbocycles. The van der Waals surface area contributed by atoms with Gasteiger partial charge in [-0.25, -0.2) is 9.97 Å². The Morgan fingerprint density at radius 3 is 2.47 bits per heavy atom. The molecule has 0 bridgehead atoms. The number of hydrogen-bond acceptors (Lipinski definition) is 8. The monoisotopic (exact) mass is 523 g/mol. The second-order valence-electron chi connectivity index (χ2n) is 10.1. The predicted molar refractivity (Wildman–Crippen MR) is 136 cm³/mol. The van der Waals surface area contributed by atoms with Crippen molar-refractivity contribution in [2.45, 2.75) is 38.5 Å². The van der Waals surface area contributed by atoms with E-state index in [1.54, 1.807) is 0 Å². The van der Waals surface area contributed by atoms with Crippen LogP contribution in [0, 0.1) is 13.8 Å². The maximum atomic E-state index is 11.0. The van der Waals surface area contributed by atoms with Crippen LogP contribution >= 0.6 is 0 Å². The van der Waals surface area contributed by atoms with Crippen molar-refractivity contribution < 1.29 is 53.7 Å². The molecule has 1 aromatic heterocycles. The largest absolute Gasteiger partial charge is 1.00 e. The zero-order chi connectivity index (χ0) is 25.5. The standard InChI is InChI=1S/C29H31N3O5.Na/c1-17-27(18(2)31-29(30-17)32-8-10-35-11-9-32)24-5-3-4-23-20(16-37-28(23)24)12-19-6-7-22-21(14-26(33)34)15-36-25(22)13-19;/h3-7,13,20-21H,8-12,14-16H2,1-2H3,(H,33,34);/q;+1/p-1/t20-,21-;/m1./s1. The summed E-state index contributed by atoms with van der Waals surface area (Å²) in [6.07, 6.45) is 0.789. The first-order chi connectivity index (χ1) is 18.0. The summed E-state index contributed by atoms with van der Waals surface area (Å²) in [5, 5.41) is 11.0. The van der Waals surface area contributed by atoms with Crippen molar-refractivity contribution in [1.29, 1.82) is 0 Å². The van der Waals surface area contributed by atoms with Crippen LogP contribution in [-0.2, 0) is 16.0 Å². The third-order valence-electron chi connectivity index (χ3n) is 7.59. The summed E-state index contributed by atoms with van der Waals surface area (Å²) < 4.78 is 17.6. The third-order valence-corrected chi connectivity index (χ3v) is 7.59. The molecule has 3 aliphatic heterocycles. The van der Waals surface area contributed by atoms with Crippen molar-refractivity contribution in [3.63, 3.8) is 0 Å². The van der Waals surface area contributed by atoms with Crippen LogP contribution in [-0.4, -0.2) is 55.5 Å². The van der Waals surface area contributed by atoms with Crippen LogP contribution in [0.4, 0.5) is 5.95 Å². The second-order valence-corrected chi connectivity index (χ2v) is 10.1. The molecule has 0 unspecified atom stereocenters. The van der Waals surface area contributed by atoms with Gasteiger partial charge in [-0.2, -0.15) is 0 Å². The molecule has 6 rings (SSSR count). The number of carbonyl (C=O) groups excluding carboxylic acids is 1. The number of anilines is 1. The molecule has 2 atom stereocenters. The molecule has 0 amide bonds. The van der Waals surface area contributed by atoms with Gasteiger partial charge in [0.25, 0.3) is 0 Å². The van der Waals surface area contributed by atoms with Gasteiger partial charge in [0.2, 0.25) is 5.95 Å². The van der Waals surface area contributed by atoms with E-state index in [0.717, 1.165) is 70.6 Å². The first-order valence-electron chi connectivity index (χ1n) is 12.9. The van der Waals surface area contributed by atoms with Gasteiger partial charge in [0.1, 0.15) is 11.5 Å². The zero-order valence-electron chi connectivity index (χ0n) is 22.2. The number of nitrogens with zero attached hydrogens (tertiary/aromatic N) is 3. The Balaban J connectivity index is 0.00000294. The SMILES string of the molecule is Cc1nc(N2CCOCC2)nc(C)c1-c1cccc2c1OC[C@H]2Cc1ccc2c(c1)OC[C@H]2CC(=O)[O-].[Na+]. The number of fused-ring (bicyclic) bond motifs is 2. The van der Waals surface area contributed by atoms with Crippen LogP contribution in [0.15, 0.2) is 36.4 Å². The number of carboxylic acids is 1. The van der Waals surface area contributed by atoms with E-state index in [9.17, 15) is 9.90 Å². The van der Waals surface area contributed by atoms with Crippen LogP contribution in [0.3, 0.4) is 0 Å². The summed E-state index contributed by atoms with van der Waals surface area (Å²) >= 11 is 0. The van der Waals surface area contributed by atoms with Crippen LogP contribution in [0.2, 0.25) is 0 Å². The van der Waals surface area contributed by atoms with Crippen molar-refractivity contribution in [3.05, 3.63) is 64.5 Å². The van der Waals surface area contributed by atoms with Gasteiger partial charge in [0, 0.05) is 53.1 Å². The van der Waals surface area contributed by atoms with E-state index in [2.05, 4.69) is 29.2 Å². The van der Waals surface area contributed by atoms with E-state index in [1.807, 2.05) is 26.0 Å². The van der Waals surface area contributed by atoms with E-state index in [4.69, 9.17) is 24.2 Å². The van der Waals surface area contributed by atoms with Crippen molar-refractivity contribution >= 4 is 11.9 Å². The number of carboxylic acid groups (broad SMARTS) is 1. The summed E-state index contributed by atoms with van der Waals surface area (Å²) in [4.78, 5) is 22.9. The number of rotatable bonds is 6. The van der Waals surface area contributed by atoms with Gasteiger partial charge in [0.15, 0.2) is 0 Å². The van der Waals surface area contributed by atoms with Gasteiger partial charge in [-0.3, -0.25) is 0 Å². The minimum Gasteiger partial charge on any atom is -0.550 e. The molecule has 2 aromatic carbocycles. The smallest absolute Gasteiger partial charge is 0.550 e. The summed E-state index contributed by atoms with van der Waals surface area (Å²) in [5.41, 5.74) is 7.22. The van der Waals surface area contributed by atoms with E-state index in [-0.39, 0.29) is 47.8 Å². The quantitative estimate of drug-likeness (QED) is 0.415. The van der Waals surface area contributed by atoms with Gasteiger partial charge in [-0.05, 0) is 38.3 Å². The van der Waals surface area contributed by atoms with E-state index < -0.39 is 5.97 Å². The fraction of sp³-hybridized carbons (Fsp3) is 0.414. The number of aliphatic carboxylic acids is 1. The maximum Gasteiger partial charge on any atom is 1.00 e. The number of para-hydroxylation sites is 1. The molecule has 8 nitrogen and oxygen atoms in total. The molecule has 0 radical (unpaired) electrons. The molecule has 1 fully saturated rings. The fourth-order valence-corrected chi connectivity index (χ4v) is 5.77. The molecule has 3 aromatic rings. The Kier molecular flexibility index (Phi) is 7.95. The summed E-state index contributed by atoms with van der Waals surface area (Å²) in [6, 6.07) is 12.4. The van der Waals surface area contributed by atoms with Crippen molar-refractivity contribution in [2.24, 2.45) is 0 Å². The van der Waals surface area contributed by atoms with Crippen LogP contribution in [0.25, 0.3) is 11.1 Å². The number of aromatic nitrogens is 2. The molecule has 38 heavy (non-hydrogen) atoms. The molecule has 4 heterocycles. The Hall–Kier alpha value is -2.65. The molecule has 3 aliphatic rings. The minimum absolute atomic E-state index is 0. The van der Waals surface area contributed by atoms with Crippen molar-refractivity contribution in [3.8, 4) is 22.6 Å². The van der Waals surface area contributed by atoms with Gasteiger partial charge < -0.3 is 29.0 Å². The first-order valence-corrected chi connectivity index (χ1v) is 12.9. The van der Waals surface area contributed by atoms with Gasteiger partial charge in [0.05, 0.1) is 37.8 Å². The maximum absolute atomic E-state index is 11.0. The van der Waals surface area contributed by atoms with Crippen LogP contribution in [0.1, 0.15) is 46.3 Å². The molecule has 0 N–H and O–H groups in total.